The molecular formula is C12H12ClNO. The van der Waals surface area contributed by atoms with Gasteiger partial charge in [-0.2, -0.15) is 0 Å². The first-order valence-electron chi connectivity index (χ1n) is 4.48. The van der Waals surface area contributed by atoms with Gasteiger partial charge in [0.25, 0.3) is 0 Å². The van der Waals surface area contributed by atoms with E-state index in [1.54, 1.807) is 0 Å². The van der Waals surface area contributed by atoms with Gasteiger partial charge in [-0.05, 0) is 11.1 Å². The molecule has 0 atom stereocenters. The smallest absolute Gasteiger partial charge is 0.00268 e. The van der Waals surface area contributed by atoms with Crippen LogP contribution in [-0.2, 0) is 0 Å². The van der Waals surface area contributed by atoms with E-state index < -0.39 is 0 Å². The Morgan fingerprint density at radius 1 is 0.733 bits per heavy atom. The summed E-state index contributed by atoms with van der Waals surface area (Å²) in [6.07, 6.45) is 0. The quantitative estimate of drug-likeness (QED) is 0.571. The first-order valence-corrected chi connectivity index (χ1v) is 4.86. The summed E-state index contributed by atoms with van der Waals surface area (Å²) in [5, 5.41) is 7.08. The zero-order chi connectivity index (χ0) is 10.9. The van der Waals surface area contributed by atoms with Crippen LogP contribution in [0.15, 0.2) is 60.7 Å². The van der Waals surface area contributed by atoms with Gasteiger partial charge in [-0.25, -0.2) is 0 Å². The topological polar surface area (TPSA) is 32.3 Å². The van der Waals surface area contributed by atoms with Gasteiger partial charge in [-0.3, -0.25) is 0 Å². The lowest BCUT2D eigenvalue weighted by Gasteiger charge is -1.98. The Kier molecular flexibility index (Phi) is 5.48. The van der Waals surface area contributed by atoms with E-state index in [9.17, 15) is 0 Å². The van der Waals surface area contributed by atoms with Gasteiger partial charge in [0, 0.05) is 11.8 Å². The molecule has 2 aromatic carbocycles. The summed E-state index contributed by atoms with van der Waals surface area (Å²) < 4.78 is 0. The molecular weight excluding hydrogens is 210 g/mol. The molecule has 2 nitrogen and oxygen atoms in total. The highest BCUT2D eigenvalue weighted by Crippen LogP contribution is 2.17. The molecule has 0 fully saturated rings. The first kappa shape index (κ1) is 11.7. The molecule has 0 aliphatic rings. The Morgan fingerprint density at radius 3 is 1.27 bits per heavy atom. The average Bonchev–Trinajstić information content (AvgIpc) is 2.32. The van der Waals surface area contributed by atoms with Crippen LogP contribution in [0.25, 0.3) is 11.1 Å². The highest BCUT2D eigenvalue weighted by molar-refractivity contribution is 6.12. The van der Waals surface area contributed by atoms with Gasteiger partial charge >= 0.3 is 0 Å². The minimum Gasteiger partial charge on any atom is -0.301 e. The van der Waals surface area contributed by atoms with Crippen LogP contribution >= 0.6 is 11.8 Å². The van der Waals surface area contributed by atoms with Gasteiger partial charge < -0.3 is 5.21 Å². The molecule has 0 saturated carbocycles. The van der Waals surface area contributed by atoms with Crippen LogP contribution in [0.1, 0.15) is 0 Å². The first-order chi connectivity index (χ1) is 7.38. The zero-order valence-electron chi connectivity index (χ0n) is 8.10. The predicted octanol–water partition coefficient (Wildman–Crippen LogP) is 3.47. The molecule has 0 aliphatic carbocycles. The van der Waals surface area contributed by atoms with Crippen molar-refractivity contribution in [3.63, 3.8) is 0 Å². The highest BCUT2D eigenvalue weighted by atomic mass is 35.5. The van der Waals surface area contributed by atoms with E-state index in [2.05, 4.69) is 60.3 Å². The average molecular weight is 222 g/mol. The molecule has 2 aromatic rings. The van der Waals surface area contributed by atoms with Crippen molar-refractivity contribution in [2.24, 2.45) is 0 Å². The lowest BCUT2D eigenvalue weighted by molar-refractivity contribution is 0.251. The molecule has 2 N–H and O–H groups in total. The van der Waals surface area contributed by atoms with E-state index in [1.165, 1.54) is 16.1 Å². The van der Waals surface area contributed by atoms with Crippen molar-refractivity contribution in [3.8, 4) is 11.1 Å². The minimum absolute atomic E-state index is 1.22. The van der Waals surface area contributed by atoms with Crippen molar-refractivity contribution < 1.29 is 5.21 Å². The summed E-state index contributed by atoms with van der Waals surface area (Å²) in [7, 11) is 0. The number of hydrogen-bond acceptors (Lipinski definition) is 2. The van der Waals surface area contributed by atoms with Crippen LogP contribution in [0.5, 0.6) is 0 Å². The molecule has 3 heteroatoms. The van der Waals surface area contributed by atoms with Crippen molar-refractivity contribution in [2.75, 3.05) is 0 Å². The van der Waals surface area contributed by atoms with Gasteiger partial charge in [0.1, 0.15) is 0 Å². The molecule has 0 aliphatic heterocycles. The Morgan fingerprint density at radius 2 is 1.00 bits per heavy atom. The Bertz CT molecular complexity index is 326. The van der Waals surface area contributed by atoms with Crippen molar-refractivity contribution in [1.82, 2.24) is 5.00 Å². The second-order valence-electron chi connectivity index (χ2n) is 2.82. The molecule has 0 unspecified atom stereocenters. The van der Waals surface area contributed by atoms with Crippen LogP contribution in [0.3, 0.4) is 0 Å². The second-order valence-corrected chi connectivity index (χ2v) is 2.99. The number of rotatable bonds is 1. The number of nitrogens with one attached hydrogen (secondary N) is 1. The fraction of sp³-hybridized carbons (Fsp3) is 0. The molecule has 0 aromatic heterocycles. The molecule has 0 radical (unpaired) electrons. The standard InChI is InChI=1S/C12H10.ClH2NO/c1-3-7-11(8-4-1)12-9-5-2-6-10-12;1-2-3/h1-10H;2-3H. The third kappa shape index (κ3) is 4.13. The van der Waals surface area contributed by atoms with Crippen LogP contribution in [0.2, 0.25) is 0 Å². The summed E-state index contributed by atoms with van der Waals surface area (Å²) >= 11 is 4.30. The van der Waals surface area contributed by atoms with Crippen LogP contribution in [0, 0.1) is 0 Å². The third-order valence-electron chi connectivity index (χ3n) is 1.88. The van der Waals surface area contributed by atoms with Gasteiger partial charge in [0.2, 0.25) is 0 Å². The summed E-state index contributed by atoms with van der Waals surface area (Å²) in [6, 6.07) is 20.8. The molecule has 78 valence electrons. The third-order valence-corrected chi connectivity index (χ3v) is 1.88. The van der Waals surface area contributed by atoms with Gasteiger partial charge in [0.05, 0.1) is 0 Å². The molecule has 15 heavy (non-hydrogen) atoms. The molecule has 0 heterocycles. The van der Waals surface area contributed by atoms with E-state index in [0.717, 1.165) is 0 Å². The molecule has 0 saturated heterocycles. The van der Waals surface area contributed by atoms with Crippen LogP contribution in [0.4, 0.5) is 0 Å². The number of hydrogen-bond donors (Lipinski definition) is 2. The Hall–Kier alpha value is -1.35. The number of halogens is 1. The number of benzene rings is 2. The second kappa shape index (κ2) is 7.01. The maximum absolute atomic E-state index is 7.08. The highest BCUT2D eigenvalue weighted by Gasteiger charge is 1.91. The fourth-order valence-electron chi connectivity index (χ4n) is 1.26. The maximum atomic E-state index is 7.08. The zero-order valence-corrected chi connectivity index (χ0v) is 8.85. The maximum Gasteiger partial charge on any atom is 0.00268 e. The SMILES string of the molecule is ONCl.c1ccc(-c2ccccc2)cc1. The van der Waals surface area contributed by atoms with Crippen molar-refractivity contribution in [2.45, 2.75) is 0 Å². The summed E-state index contributed by atoms with van der Waals surface area (Å²) in [5.74, 6) is 0. The fourth-order valence-corrected chi connectivity index (χ4v) is 1.26. The lowest BCUT2D eigenvalue weighted by Crippen LogP contribution is -1.78. The minimum atomic E-state index is 1.22. The normalized spacial score (nSPS) is 8.93. The summed E-state index contributed by atoms with van der Waals surface area (Å²) in [6.45, 7) is 0. The van der Waals surface area contributed by atoms with E-state index in [-0.39, 0.29) is 0 Å². The molecule has 0 amide bonds. The van der Waals surface area contributed by atoms with Crippen LogP contribution < -0.4 is 5.00 Å². The van der Waals surface area contributed by atoms with E-state index >= 15 is 0 Å². The van der Waals surface area contributed by atoms with E-state index in [4.69, 9.17) is 5.21 Å². The van der Waals surface area contributed by atoms with E-state index in [0.29, 0.717) is 0 Å². The lowest BCUT2D eigenvalue weighted by atomic mass is 10.1. The van der Waals surface area contributed by atoms with Crippen molar-refractivity contribution in [3.05, 3.63) is 60.7 Å². The Balaban J connectivity index is 0.000000337. The van der Waals surface area contributed by atoms with Gasteiger partial charge in [-0.1, -0.05) is 60.7 Å². The summed E-state index contributed by atoms with van der Waals surface area (Å²) in [5.41, 5.74) is 2.55. The molecule has 0 spiro atoms. The predicted molar refractivity (Wildman–Crippen MR) is 62.7 cm³/mol. The van der Waals surface area contributed by atoms with Gasteiger partial charge in [-0.15, -0.1) is 5.00 Å². The monoisotopic (exact) mass is 221 g/mol. The molecule has 0 bridgehead atoms. The Labute approximate surface area is 94.2 Å². The summed E-state index contributed by atoms with van der Waals surface area (Å²) in [4.78, 5) is 1.22. The van der Waals surface area contributed by atoms with Crippen LogP contribution in [-0.4, -0.2) is 5.21 Å². The largest absolute Gasteiger partial charge is 0.301 e. The van der Waals surface area contributed by atoms with E-state index in [1.807, 2.05) is 12.1 Å². The molecule has 2 rings (SSSR count). The van der Waals surface area contributed by atoms with Gasteiger partial charge in [0.15, 0.2) is 0 Å². The van der Waals surface area contributed by atoms with Crippen molar-refractivity contribution >= 4 is 11.8 Å². The van der Waals surface area contributed by atoms with Crippen molar-refractivity contribution in [1.29, 1.82) is 0 Å².